The van der Waals surface area contributed by atoms with Crippen molar-refractivity contribution in [2.75, 3.05) is 7.11 Å². The SMILES string of the molecule is COc1ccc2ccccc2c1-c1c[nH]c2ccc(-c3cccc(Cl)c3)cc12. The standard InChI is InChI=1S/C25H18ClNO/c1-28-24-12-10-16-5-2-3-8-20(16)25(24)22-15-27-23-11-9-18(14-21(22)23)17-6-4-7-19(26)13-17/h2-15,27H,1H3. The van der Waals surface area contributed by atoms with E-state index in [9.17, 15) is 0 Å². The van der Waals surface area contributed by atoms with E-state index in [1.165, 1.54) is 10.8 Å². The van der Waals surface area contributed by atoms with Gasteiger partial charge >= 0.3 is 0 Å². The van der Waals surface area contributed by atoms with Gasteiger partial charge in [-0.05, 0) is 52.2 Å². The van der Waals surface area contributed by atoms with Gasteiger partial charge in [0, 0.05) is 33.2 Å². The summed E-state index contributed by atoms with van der Waals surface area (Å²) in [5.41, 5.74) is 5.57. The summed E-state index contributed by atoms with van der Waals surface area (Å²) in [6, 6.07) is 26.9. The van der Waals surface area contributed by atoms with Crippen molar-refractivity contribution in [2.45, 2.75) is 0 Å². The molecule has 0 atom stereocenters. The number of benzene rings is 4. The summed E-state index contributed by atoms with van der Waals surface area (Å²) in [5.74, 6) is 0.868. The molecule has 1 N–H and O–H groups in total. The third-order valence-corrected chi connectivity index (χ3v) is 5.45. The summed E-state index contributed by atoms with van der Waals surface area (Å²) >= 11 is 6.20. The summed E-state index contributed by atoms with van der Waals surface area (Å²) in [4.78, 5) is 3.41. The fourth-order valence-corrected chi connectivity index (χ4v) is 4.06. The van der Waals surface area contributed by atoms with Crippen LogP contribution in [0.4, 0.5) is 0 Å². The van der Waals surface area contributed by atoms with E-state index in [2.05, 4.69) is 65.8 Å². The highest BCUT2D eigenvalue weighted by atomic mass is 35.5. The normalized spacial score (nSPS) is 11.2. The Morgan fingerprint density at radius 1 is 0.786 bits per heavy atom. The molecule has 0 unspecified atom stereocenters. The molecule has 0 bridgehead atoms. The smallest absolute Gasteiger partial charge is 0.127 e. The highest BCUT2D eigenvalue weighted by molar-refractivity contribution is 6.30. The Balaban J connectivity index is 1.79. The maximum absolute atomic E-state index is 6.20. The van der Waals surface area contributed by atoms with E-state index in [0.29, 0.717) is 0 Å². The van der Waals surface area contributed by atoms with Crippen molar-refractivity contribution >= 4 is 33.3 Å². The van der Waals surface area contributed by atoms with Crippen LogP contribution < -0.4 is 4.74 Å². The zero-order valence-corrected chi connectivity index (χ0v) is 16.1. The predicted octanol–water partition coefficient (Wildman–Crippen LogP) is 7.32. The average Bonchev–Trinajstić information content (AvgIpc) is 3.15. The van der Waals surface area contributed by atoms with Gasteiger partial charge in [0.25, 0.3) is 0 Å². The molecule has 0 aliphatic rings. The minimum absolute atomic E-state index is 0.739. The van der Waals surface area contributed by atoms with Gasteiger partial charge in [-0.15, -0.1) is 0 Å². The Kier molecular flexibility index (Phi) is 4.07. The van der Waals surface area contributed by atoms with E-state index in [-0.39, 0.29) is 0 Å². The van der Waals surface area contributed by atoms with Crippen LogP contribution in [0.25, 0.3) is 43.9 Å². The zero-order valence-electron chi connectivity index (χ0n) is 15.4. The maximum Gasteiger partial charge on any atom is 0.127 e. The molecule has 4 aromatic carbocycles. The highest BCUT2D eigenvalue weighted by Gasteiger charge is 2.15. The number of fused-ring (bicyclic) bond motifs is 2. The molecule has 0 fully saturated rings. The van der Waals surface area contributed by atoms with Crippen molar-refractivity contribution in [2.24, 2.45) is 0 Å². The van der Waals surface area contributed by atoms with Gasteiger partial charge in [0.2, 0.25) is 0 Å². The first kappa shape index (κ1) is 16.9. The Hall–Kier alpha value is -3.23. The molecule has 5 rings (SSSR count). The van der Waals surface area contributed by atoms with Crippen LogP contribution in [-0.4, -0.2) is 12.1 Å². The van der Waals surface area contributed by atoms with Gasteiger partial charge in [-0.1, -0.05) is 60.1 Å². The number of aromatic nitrogens is 1. The summed E-state index contributed by atoms with van der Waals surface area (Å²) in [5, 5.41) is 4.27. The van der Waals surface area contributed by atoms with Crippen LogP contribution in [0.5, 0.6) is 5.75 Å². The number of rotatable bonds is 3. The van der Waals surface area contributed by atoms with Gasteiger partial charge < -0.3 is 9.72 Å². The van der Waals surface area contributed by atoms with Gasteiger partial charge in [-0.3, -0.25) is 0 Å². The summed E-state index contributed by atoms with van der Waals surface area (Å²) in [6.45, 7) is 0. The highest BCUT2D eigenvalue weighted by Crippen LogP contribution is 2.41. The Bertz CT molecular complexity index is 1320. The van der Waals surface area contributed by atoms with Crippen LogP contribution in [0.1, 0.15) is 0 Å². The number of hydrogen-bond donors (Lipinski definition) is 1. The van der Waals surface area contributed by atoms with Crippen LogP contribution in [0, 0.1) is 0 Å². The third kappa shape index (κ3) is 2.74. The van der Waals surface area contributed by atoms with Gasteiger partial charge in [-0.25, -0.2) is 0 Å². The molecule has 1 aromatic heterocycles. The molecule has 28 heavy (non-hydrogen) atoms. The van der Waals surface area contributed by atoms with Gasteiger partial charge in [0.05, 0.1) is 7.11 Å². The van der Waals surface area contributed by atoms with E-state index >= 15 is 0 Å². The lowest BCUT2D eigenvalue weighted by Crippen LogP contribution is -1.89. The first-order valence-electron chi connectivity index (χ1n) is 9.18. The third-order valence-electron chi connectivity index (χ3n) is 5.22. The molecule has 5 aromatic rings. The molecule has 0 aliphatic heterocycles. The van der Waals surface area contributed by atoms with E-state index in [4.69, 9.17) is 16.3 Å². The second kappa shape index (κ2) is 6.74. The van der Waals surface area contributed by atoms with E-state index in [0.717, 1.165) is 43.9 Å². The molecule has 0 aliphatic carbocycles. The monoisotopic (exact) mass is 383 g/mol. The van der Waals surface area contributed by atoms with E-state index in [1.807, 2.05) is 24.3 Å². The average molecular weight is 384 g/mol. The number of hydrogen-bond acceptors (Lipinski definition) is 1. The molecule has 0 saturated heterocycles. The summed E-state index contributed by atoms with van der Waals surface area (Å²) < 4.78 is 5.73. The molecule has 0 saturated carbocycles. The number of methoxy groups -OCH3 is 1. The zero-order chi connectivity index (χ0) is 19.1. The quantitative estimate of drug-likeness (QED) is 0.347. The lowest BCUT2D eigenvalue weighted by Gasteiger charge is -2.12. The Morgan fingerprint density at radius 2 is 1.64 bits per heavy atom. The lowest BCUT2D eigenvalue weighted by molar-refractivity contribution is 0.417. The second-order valence-corrected chi connectivity index (χ2v) is 7.27. The maximum atomic E-state index is 6.20. The molecular formula is C25H18ClNO. The van der Waals surface area contributed by atoms with Crippen molar-refractivity contribution in [3.8, 4) is 28.0 Å². The lowest BCUT2D eigenvalue weighted by atomic mass is 9.95. The molecule has 136 valence electrons. The largest absolute Gasteiger partial charge is 0.496 e. The summed E-state index contributed by atoms with van der Waals surface area (Å²) in [6.07, 6.45) is 2.07. The molecule has 3 heteroatoms. The van der Waals surface area contributed by atoms with Crippen LogP contribution in [0.2, 0.25) is 5.02 Å². The van der Waals surface area contributed by atoms with Gasteiger partial charge in [0.1, 0.15) is 5.75 Å². The van der Waals surface area contributed by atoms with Crippen LogP contribution >= 0.6 is 11.6 Å². The first-order valence-corrected chi connectivity index (χ1v) is 9.55. The number of halogens is 1. The minimum Gasteiger partial charge on any atom is -0.496 e. The number of nitrogens with one attached hydrogen (secondary N) is 1. The predicted molar refractivity (Wildman–Crippen MR) is 118 cm³/mol. The summed E-state index contributed by atoms with van der Waals surface area (Å²) in [7, 11) is 1.72. The fourth-order valence-electron chi connectivity index (χ4n) is 3.87. The molecule has 0 radical (unpaired) electrons. The van der Waals surface area contributed by atoms with Crippen LogP contribution in [0.15, 0.2) is 85.1 Å². The van der Waals surface area contributed by atoms with E-state index < -0.39 is 0 Å². The van der Waals surface area contributed by atoms with Gasteiger partial charge in [-0.2, -0.15) is 0 Å². The Labute approximate surface area is 168 Å². The van der Waals surface area contributed by atoms with Crippen molar-refractivity contribution in [3.63, 3.8) is 0 Å². The van der Waals surface area contributed by atoms with Crippen molar-refractivity contribution in [1.82, 2.24) is 4.98 Å². The van der Waals surface area contributed by atoms with Crippen LogP contribution in [0.3, 0.4) is 0 Å². The number of aromatic amines is 1. The Morgan fingerprint density at radius 3 is 2.50 bits per heavy atom. The van der Waals surface area contributed by atoms with Crippen molar-refractivity contribution < 1.29 is 4.74 Å². The molecule has 0 spiro atoms. The minimum atomic E-state index is 0.739. The second-order valence-electron chi connectivity index (χ2n) is 6.84. The van der Waals surface area contributed by atoms with E-state index in [1.54, 1.807) is 7.11 Å². The van der Waals surface area contributed by atoms with Crippen LogP contribution in [-0.2, 0) is 0 Å². The van der Waals surface area contributed by atoms with Crippen molar-refractivity contribution in [3.05, 3.63) is 90.1 Å². The first-order chi connectivity index (χ1) is 13.7. The number of H-pyrrole nitrogens is 1. The van der Waals surface area contributed by atoms with Crippen molar-refractivity contribution in [1.29, 1.82) is 0 Å². The number of ether oxygens (including phenoxy) is 1. The fraction of sp³-hybridized carbons (Fsp3) is 0.0400. The molecule has 1 heterocycles. The van der Waals surface area contributed by atoms with Gasteiger partial charge in [0.15, 0.2) is 0 Å². The topological polar surface area (TPSA) is 25.0 Å². The molecule has 0 amide bonds. The molecular weight excluding hydrogens is 366 g/mol. The molecule has 2 nitrogen and oxygen atoms in total.